The van der Waals surface area contributed by atoms with E-state index in [1.165, 1.54) is 6.20 Å². The van der Waals surface area contributed by atoms with Crippen LogP contribution >= 0.6 is 0 Å². The number of primary amides is 1. The number of benzene rings is 1. The minimum Gasteiger partial charge on any atom is -0.368 e. The van der Waals surface area contributed by atoms with E-state index < -0.39 is 17.9 Å². The van der Waals surface area contributed by atoms with Crippen molar-refractivity contribution in [3.63, 3.8) is 0 Å². The van der Waals surface area contributed by atoms with Crippen LogP contribution in [0.25, 0.3) is 10.9 Å². The molecule has 1 aromatic carbocycles. The molecule has 0 spiro atoms. The predicted molar refractivity (Wildman–Crippen MR) is 86.7 cm³/mol. The number of hydrogen-bond acceptors (Lipinski definition) is 4. The third-order valence-corrected chi connectivity index (χ3v) is 3.61. The van der Waals surface area contributed by atoms with Gasteiger partial charge in [0, 0.05) is 24.4 Å². The van der Waals surface area contributed by atoms with E-state index in [0.717, 1.165) is 10.9 Å². The zero-order valence-electron chi connectivity index (χ0n) is 12.9. The van der Waals surface area contributed by atoms with Gasteiger partial charge in [-0.05, 0) is 18.6 Å². The van der Waals surface area contributed by atoms with E-state index in [1.54, 1.807) is 13.0 Å². The first-order valence-electron chi connectivity index (χ1n) is 7.48. The predicted octanol–water partition coefficient (Wildman–Crippen LogP) is 1.58. The fourth-order valence-corrected chi connectivity index (χ4v) is 2.20. The molecule has 2 aromatic rings. The summed E-state index contributed by atoms with van der Waals surface area (Å²) in [5.41, 5.74) is 6.43. The van der Waals surface area contributed by atoms with Gasteiger partial charge in [-0.25, -0.2) is 0 Å². The van der Waals surface area contributed by atoms with Crippen molar-refractivity contribution in [3.8, 4) is 0 Å². The molecule has 0 bridgehead atoms. The Morgan fingerprint density at radius 3 is 2.70 bits per heavy atom. The number of carbonyl (C=O) groups is 3. The van der Waals surface area contributed by atoms with Crippen molar-refractivity contribution in [1.29, 1.82) is 0 Å². The number of ketones is 1. The Morgan fingerprint density at radius 2 is 2.00 bits per heavy atom. The molecule has 1 heterocycles. The summed E-state index contributed by atoms with van der Waals surface area (Å²) >= 11 is 0. The van der Waals surface area contributed by atoms with Crippen LogP contribution in [-0.4, -0.2) is 28.6 Å². The van der Waals surface area contributed by atoms with E-state index in [9.17, 15) is 14.4 Å². The van der Waals surface area contributed by atoms with Gasteiger partial charge in [0.15, 0.2) is 0 Å². The van der Waals surface area contributed by atoms with E-state index >= 15 is 0 Å². The van der Waals surface area contributed by atoms with Gasteiger partial charge in [0.25, 0.3) is 5.91 Å². The Kier molecular flexibility index (Phi) is 5.41. The molecule has 120 valence electrons. The van der Waals surface area contributed by atoms with Crippen LogP contribution in [-0.2, 0) is 9.59 Å². The molecule has 0 saturated heterocycles. The van der Waals surface area contributed by atoms with Crippen molar-refractivity contribution < 1.29 is 14.4 Å². The topological polar surface area (TPSA) is 102 Å². The van der Waals surface area contributed by atoms with Crippen molar-refractivity contribution in [1.82, 2.24) is 10.3 Å². The smallest absolute Gasteiger partial charge is 0.253 e. The Hall–Kier alpha value is -2.76. The molecule has 23 heavy (non-hydrogen) atoms. The van der Waals surface area contributed by atoms with E-state index in [1.807, 2.05) is 24.3 Å². The molecule has 0 radical (unpaired) electrons. The number of Topliss-reactive ketones (excluding diaryl/α,β-unsaturated/α-hetero) is 1. The molecule has 6 heteroatoms. The van der Waals surface area contributed by atoms with Gasteiger partial charge in [-0.15, -0.1) is 0 Å². The summed E-state index contributed by atoms with van der Waals surface area (Å²) in [6.07, 6.45) is 2.26. The first-order chi connectivity index (χ1) is 11.0. The van der Waals surface area contributed by atoms with Crippen LogP contribution in [0.5, 0.6) is 0 Å². The van der Waals surface area contributed by atoms with Gasteiger partial charge >= 0.3 is 0 Å². The summed E-state index contributed by atoms with van der Waals surface area (Å²) in [6.45, 7) is 1.75. The molecular weight excluding hydrogens is 294 g/mol. The van der Waals surface area contributed by atoms with Crippen LogP contribution in [0.1, 0.15) is 36.5 Å². The highest BCUT2D eigenvalue weighted by atomic mass is 16.2. The standard InChI is InChI=1S/C17H19N3O3/c1-2-13(21)7-8-15(16(18)22)20-17(23)12-9-11-5-3-4-6-14(11)19-10-12/h3-6,9-10,15H,2,7-8H2,1H3,(H2,18,22)(H,20,23)/t15-/m0/s1. The monoisotopic (exact) mass is 313 g/mol. The number of rotatable bonds is 7. The van der Waals surface area contributed by atoms with Gasteiger partial charge in [0.2, 0.25) is 5.91 Å². The van der Waals surface area contributed by atoms with Crippen LogP contribution in [0, 0.1) is 0 Å². The number of nitrogens with one attached hydrogen (secondary N) is 1. The van der Waals surface area contributed by atoms with E-state index in [-0.39, 0.29) is 18.6 Å². The second-order valence-corrected chi connectivity index (χ2v) is 5.28. The zero-order valence-corrected chi connectivity index (χ0v) is 12.9. The summed E-state index contributed by atoms with van der Waals surface area (Å²) in [7, 11) is 0. The maximum absolute atomic E-state index is 12.3. The fourth-order valence-electron chi connectivity index (χ4n) is 2.20. The molecule has 2 rings (SSSR count). The minimum atomic E-state index is -0.871. The van der Waals surface area contributed by atoms with E-state index in [4.69, 9.17) is 5.73 Å². The second-order valence-electron chi connectivity index (χ2n) is 5.28. The minimum absolute atomic E-state index is 0.0258. The van der Waals surface area contributed by atoms with E-state index in [2.05, 4.69) is 10.3 Å². The van der Waals surface area contributed by atoms with Gasteiger partial charge in [-0.2, -0.15) is 0 Å². The number of nitrogens with zero attached hydrogens (tertiary/aromatic N) is 1. The quantitative estimate of drug-likeness (QED) is 0.810. The Bertz CT molecular complexity index is 743. The third-order valence-electron chi connectivity index (χ3n) is 3.61. The average molecular weight is 313 g/mol. The number of para-hydroxylation sites is 1. The van der Waals surface area contributed by atoms with Gasteiger partial charge in [0.1, 0.15) is 11.8 Å². The van der Waals surface area contributed by atoms with Crippen molar-refractivity contribution in [2.75, 3.05) is 0 Å². The lowest BCUT2D eigenvalue weighted by atomic mass is 10.1. The SMILES string of the molecule is CCC(=O)CC[C@H](NC(=O)c1cnc2ccccc2c1)C(N)=O. The van der Waals surface area contributed by atoms with Gasteiger partial charge in [-0.3, -0.25) is 19.4 Å². The molecule has 0 fully saturated rings. The highest BCUT2D eigenvalue weighted by Crippen LogP contribution is 2.13. The molecule has 0 aliphatic heterocycles. The Morgan fingerprint density at radius 1 is 1.26 bits per heavy atom. The van der Waals surface area contributed by atoms with Crippen molar-refractivity contribution in [2.45, 2.75) is 32.2 Å². The Balaban J connectivity index is 2.10. The molecular formula is C17H19N3O3. The lowest BCUT2D eigenvalue weighted by molar-refractivity contribution is -0.121. The number of fused-ring (bicyclic) bond motifs is 1. The maximum Gasteiger partial charge on any atom is 0.253 e. The van der Waals surface area contributed by atoms with Crippen LogP contribution in [0.4, 0.5) is 0 Å². The molecule has 0 unspecified atom stereocenters. The largest absolute Gasteiger partial charge is 0.368 e. The normalized spacial score (nSPS) is 11.9. The van der Waals surface area contributed by atoms with Crippen molar-refractivity contribution >= 4 is 28.5 Å². The van der Waals surface area contributed by atoms with E-state index in [0.29, 0.717) is 12.0 Å². The van der Waals surface area contributed by atoms with Gasteiger partial charge < -0.3 is 11.1 Å². The van der Waals surface area contributed by atoms with Crippen molar-refractivity contribution in [3.05, 3.63) is 42.1 Å². The highest BCUT2D eigenvalue weighted by molar-refractivity contribution is 5.99. The molecule has 0 aliphatic carbocycles. The number of carbonyl (C=O) groups excluding carboxylic acids is 3. The lowest BCUT2D eigenvalue weighted by Crippen LogP contribution is -2.44. The molecule has 0 saturated carbocycles. The summed E-state index contributed by atoms with van der Waals surface area (Å²) in [6, 6.07) is 8.25. The molecule has 6 nitrogen and oxygen atoms in total. The number of pyridine rings is 1. The van der Waals surface area contributed by atoms with Crippen LogP contribution < -0.4 is 11.1 Å². The van der Waals surface area contributed by atoms with Gasteiger partial charge in [0.05, 0.1) is 11.1 Å². The number of amides is 2. The Labute approximate surface area is 134 Å². The van der Waals surface area contributed by atoms with Crippen LogP contribution in [0.2, 0.25) is 0 Å². The van der Waals surface area contributed by atoms with Crippen LogP contribution in [0.15, 0.2) is 36.5 Å². The first-order valence-corrected chi connectivity index (χ1v) is 7.48. The average Bonchev–Trinajstić information content (AvgIpc) is 2.57. The molecule has 3 N–H and O–H groups in total. The number of nitrogens with two attached hydrogens (primary N) is 1. The third kappa shape index (κ3) is 4.35. The first kappa shape index (κ1) is 16.6. The second kappa shape index (κ2) is 7.49. The molecule has 2 amide bonds. The lowest BCUT2D eigenvalue weighted by Gasteiger charge is -2.15. The summed E-state index contributed by atoms with van der Waals surface area (Å²) in [4.78, 5) is 39.3. The maximum atomic E-state index is 12.3. The molecule has 0 aliphatic rings. The van der Waals surface area contributed by atoms with Crippen LogP contribution in [0.3, 0.4) is 0 Å². The van der Waals surface area contributed by atoms with Crippen molar-refractivity contribution in [2.24, 2.45) is 5.73 Å². The zero-order chi connectivity index (χ0) is 16.8. The molecule has 1 atom stereocenters. The number of aromatic nitrogens is 1. The highest BCUT2D eigenvalue weighted by Gasteiger charge is 2.20. The summed E-state index contributed by atoms with van der Waals surface area (Å²) < 4.78 is 0. The number of hydrogen-bond donors (Lipinski definition) is 2. The summed E-state index contributed by atoms with van der Waals surface area (Å²) in [5, 5.41) is 3.40. The van der Waals surface area contributed by atoms with Gasteiger partial charge in [-0.1, -0.05) is 25.1 Å². The summed E-state index contributed by atoms with van der Waals surface area (Å²) in [5.74, 6) is -1.06. The fraction of sp³-hybridized carbons (Fsp3) is 0.294. The molecule has 1 aromatic heterocycles.